The van der Waals surface area contributed by atoms with E-state index in [4.69, 9.17) is 0 Å². The van der Waals surface area contributed by atoms with Gasteiger partial charge in [0.15, 0.2) is 0 Å². The molecule has 0 spiro atoms. The molecule has 0 radical (unpaired) electrons. The van der Waals surface area contributed by atoms with Crippen molar-refractivity contribution in [2.24, 2.45) is 0 Å². The number of rotatable bonds is 5. The Labute approximate surface area is 164 Å². The van der Waals surface area contributed by atoms with Crippen LogP contribution in [-0.2, 0) is 5.92 Å². The summed E-state index contributed by atoms with van der Waals surface area (Å²) in [5, 5.41) is 0. The van der Waals surface area contributed by atoms with Gasteiger partial charge in [-0.1, -0.05) is 96.1 Å². The summed E-state index contributed by atoms with van der Waals surface area (Å²) >= 11 is 0. The molecule has 2 aromatic rings. The van der Waals surface area contributed by atoms with Crippen LogP contribution < -0.4 is 0 Å². The minimum absolute atomic E-state index is 0.0335. The SMILES string of the molecule is CC(C)[Si](C#CC(F)(F)c1ccc(-c2ccccc2)cc1)(C(C)C)C(C)C. The van der Waals surface area contributed by atoms with E-state index in [9.17, 15) is 8.78 Å². The molecule has 0 nitrogen and oxygen atoms in total. The van der Waals surface area contributed by atoms with Crippen LogP contribution in [0.5, 0.6) is 0 Å². The zero-order valence-corrected chi connectivity index (χ0v) is 18.2. The van der Waals surface area contributed by atoms with Crippen LogP contribution in [0.4, 0.5) is 8.78 Å². The fraction of sp³-hybridized carbons (Fsp3) is 0.417. The molecule has 0 N–H and O–H groups in total. The first-order valence-electron chi connectivity index (χ1n) is 9.69. The van der Waals surface area contributed by atoms with Crippen LogP contribution in [0.25, 0.3) is 11.1 Å². The highest BCUT2D eigenvalue weighted by atomic mass is 28.3. The number of halogens is 2. The van der Waals surface area contributed by atoms with Gasteiger partial charge in [-0.25, -0.2) is 0 Å². The van der Waals surface area contributed by atoms with Gasteiger partial charge in [-0.05, 0) is 33.7 Å². The average molecular weight is 385 g/mol. The van der Waals surface area contributed by atoms with Crippen molar-refractivity contribution < 1.29 is 8.78 Å². The molecule has 27 heavy (non-hydrogen) atoms. The van der Waals surface area contributed by atoms with Gasteiger partial charge >= 0.3 is 5.92 Å². The summed E-state index contributed by atoms with van der Waals surface area (Å²) in [4.78, 5) is 0. The Hall–Kier alpha value is -1.92. The van der Waals surface area contributed by atoms with Crippen molar-refractivity contribution in [3.05, 3.63) is 60.2 Å². The highest BCUT2D eigenvalue weighted by Crippen LogP contribution is 2.41. The van der Waals surface area contributed by atoms with Crippen molar-refractivity contribution in [3.63, 3.8) is 0 Å². The number of hydrogen-bond acceptors (Lipinski definition) is 0. The minimum Gasteiger partial charge on any atom is -0.186 e. The molecule has 0 fully saturated rings. The number of benzene rings is 2. The molecule has 0 unspecified atom stereocenters. The molecular weight excluding hydrogens is 354 g/mol. The molecule has 0 aliphatic carbocycles. The standard InChI is InChI=1S/C24H30F2Si/c1-18(2)27(19(3)4,20(5)6)17-16-24(25,26)23-14-12-22(13-15-23)21-10-8-7-9-11-21/h7-15,18-20H,1-6H3. The number of alkyl halides is 2. The van der Waals surface area contributed by atoms with Gasteiger partial charge in [-0.2, -0.15) is 8.78 Å². The topological polar surface area (TPSA) is 0 Å². The summed E-state index contributed by atoms with van der Waals surface area (Å²) in [6.45, 7) is 12.8. The van der Waals surface area contributed by atoms with Gasteiger partial charge in [0, 0.05) is 5.56 Å². The molecular formula is C24H30F2Si. The molecule has 144 valence electrons. The van der Waals surface area contributed by atoms with Gasteiger partial charge < -0.3 is 0 Å². The van der Waals surface area contributed by atoms with Gasteiger partial charge in [-0.3, -0.25) is 0 Å². The maximum Gasteiger partial charge on any atom is 0.333 e. The lowest BCUT2D eigenvalue weighted by Crippen LogP contribution is -2.43. The molecule has 0 saturated carbocycles. The van der Waals surface area contributed by atoms with E-state index in [0.29, 0.717) is 16.6 Å². The normalized spacial score (nSPS) is 12.4. The quantitative estimate of drug-likeness (QED) is 0.366. The highest BCUT2D eigenvalue weighted by Gasteiger charge is 2.42. The van der Waals surface area contributed by atoms with E-state index in [1.807, 2.05) is 30.3 Å². The summed E-state index contributed by atoms with van der Waals surface area (Å²) < 4.78 is 29.7. The van der Waals surface area contributed by atoms with E-state index in [2.05, 4.69) is 53.0 Å². The van der Waals surface area contributed by atoms with Crippen LogP contribution in [0.15, 0.2) is 54.6 Å². The molecule has 0 amide bonds. The Balaban J connectivity index is 2.38. The smallest absolute Gasteiger partial charge is 0.186 e. The Morgan fingerprint density at radius 3 is 1.59 bits per heavy atom. The third-order valence-electron chi connectivity index (χ3n) is 5.66. The van der Waals surface area contributed by atoms with E-state index in [0.717, 1.165) is 11.1 Å². The molecule has 0 bridgehead atoms. The molecule has 0 saturated heterocycles. The first-order chi connectivity index (χ1) is 12.6. The van der Waals surface area contributed by atoms with Crippen LogP contribution in [0, 0.1) is 11.5 Å². The van der Waals surface area contributed by atoms with Crippen LogP contribution in [0.2, 0.25) is 16.6 Å². The van der Waals surface area contributed by atoms with Crippen LogP contribution in [0.3, 0.4) is 0 Å². The second kappa shape index (κ2) is 8.40. The average Bonchev–Trinajstić information content (AvgIpc) is 2.62. The third-order valence-corrected chi connectivity index (χ3v) is 11.9. The van der Waals surface area contributed by atoms with Crippen molar-refractivity contribution in [1.29, 1.82) is 0 Å². The Morgan fingerprint density at radius 2 is 1.15 bits per heavy atom. The second-order valence-electron chi connectivity index (χ2n) is 8.16. The summed E-state index contributed by atoms with van der Waals surface area (Å²) in [5.41, 5.74) is 6.07. The lowest BCUT2D eigenvalue weighted by atomic mass is 10.0. The summed E-state index contributed by atoms with van der Waals surface area (Å²) in [5.74, 6) is -0.735. The van der Waals surface area contributed by atoms with Crippen molar-refractivity contribution in [2.45, 2.75) is 64.1 Å². The Bertz CT molecular complexity index is 772. The van der Waals surface area contributed by atoms with E-state index in [1.54, 1.807) is 12.1 Å². The van der Waals surface area contributed by atoms with E-state index in [-0.39, 0.29) is 5.56 Å². The lowest BCUT2D eigenvalue weighted by Gasteiger charge is -2.38. The number of hydrogen-bond donors (Lipinski definition) is 0. The second-order valence-corrected chi connectivity index (χ2v) is 13.7. The molecule has 3 heteroatoms. The molecule has 0 aliphatic heterocycles. The van der Waals surface area contributed by atoms with Gasteiger partial charge in [0.2, 0.25) is 0 Å². The largest absolute Gasteiger partial charge is 0.333 e. The van der Waals surface area contributed by atoms with E-state index >= 15 is 0 Å². The monoisotopic (exact) mass is 384 g/mol. The maximum atomic E-state index is 14.9. The zero-order chi connectivity index (χ0) is 20.2. The first-order valence-corrected chi connectivity index (χ1v) is 11.9. The Kier molecular flexibility index (Phi) is 6.65. The van der Waals surface area contributed by atoms with Crippen LogP contribution in [-0.4, -0.2) is 8.07 Å². The fourth-order valence-electron chi connectivity index (χ4n) is 4.19. The van der Waals surface area contributed by atoms with Crippen molar-refractivity contribution in [1.82, 2.24) is 0 Å². The molecule has 0 aliphatic rings. The fourth-order valence-corrected chi connectivity index (χ4v) is 9.43. The predicted octanol–water partition coefficient (Wildman–Crippen LogP) is 7.67. The minimum atomic E-state index is -3.13. The van der Waals surface area contributed by atoms with Crippen molar-refractivity contribution in [3.8, 4) is 22.6 Å². The van der Waals surface area contributed by atoms with Crippen molar-refractivity contribution >= 4 is 8.07 Å². The lowest BCUT2D eigenvalue weighted by molar-refractivity contribution is 0.0639. The molecule has 2 aromatic carbocycles. The van der Waals surface area contributed by atoms with Gasteiger partial charge in [0.25, 0.3) is 0 Å². The first kappa shape index (κ1) is 21.4. The van der Waals surface area contributed by atoms with Gasteiger partial charge in [0.05, 0.1) is 0 Å². The van der Waals surface area contributed by atoms with Crippen LogP contribution >= 0.6 is 0 Å². The maximum absolute atomic E-state index is 14.9. The third kappa shape index (κ3) is 4.50. The zero-order valence-electron chi connectivity index (χ0n) is 17.2. The van der Waals surface area contributed by atoms with Gasteiger partial charge in [-0.15, -0.1) is 5.54 Å². The summed E-state index contributed by atoms with van der Waals surface area (Å²) in [6, 6.07) is 16.3. The van der Waals surface area contributed by atoms with Crippen LogP contribution in [0.1, 0.15) is 47.1 Å². The molecule has 0 heterocycles. The molecule has 0 aromatic heterocycles. The predicted molar refractivity (Wildman–Crippen MR) is 115 cm³/mol. The van der Waals surface area contributed by atoms with Gasteiger partial charge in [0.1, 0.15) is 8.07 Å². The van der Waals surface area contributed by atoms with E-state index < -0.39 is 14.0 Å². The Morgan fingerprint density at radius 1 is 0.704 bits per heavy atom. The molecule has 2 rings (SSSR count). The highest BCUT2D eigenvalue weighted by molar-refractivity contribution is 6.90. The van der Waals surface area contributed by atoms with Crippen molar-refractivity contribution in [2.75, 3.05) is 0 Å². The van der Waals surface area contributed by atoms with E-state index in [1.165, 1.54) is 12.1 Å². The summed E-state index contributed by atoms with van der Waals surface area (Å²) in [6.07, 6.45) is 0. The molecule has 0 atom stereocenters. The summed E-state index contributed by atoms with van der Waals surface area (Å²) in [7, 11) is -2.17.